The summed E-state index contributed by atoms with van der Waals surface area (Å²) in [6, 6.07) is 0. The summed E-state index contributed by atoms with van der Waals surface area (Å²) in [5.41, 5.74) is 0. The predicted octanol–water partition coefficient (Wildman–Crippen LogP) is 5.27. The van der Waals surface area contributed by atoms with Gasteiger partial charge in [-0.2, -0.15) is 8.42 Å². The van der Waals surface area contributed by atoms with Gasteiger partial charge in [0.25, 0.3) is 10.1 Å². The summed E-state index contributed by atoms with van der Waals surface area (Å²) in [6.45, 7) is 2.25. The molecule has 0 heterocycles. The fourth-order valence-electron chi connectivity index (χ4n) is 2.83. The SMILES string of the molecule is CCCCCCCCCCCCCCCC(O)CCS(=O)(=O)O.N. The maximum Gasteiger partial charge on any atom is 0.264 e. The minimum Gasteiger partial charge on any atom is -0.393 e. The molecule has 0 spiro atoms. The molecular weight excluding hydrogens is 326 g/mol. The van der Waals surface area contributed by atoms with E-state index in [1.54, 1.807) is 0 Å². The first kappa shape index (κ1) is 26.1. The van der Waals surface area contributed by atoms with Gasteiger partial charge in [-0.1, -0.05) is 90.4 Å². The van der Waals surface area contributed by atoms with Crippen LogP contribution in [0.25, 0.3) is 0 Å². The van der Waals surface area contributed by atoms with E-state index >= 15 is 0 Å². The van der Waals surface area contributed by atoms with Crippen molar-refractivity contribution in [3.05, 3.63) is 0 Å². The normalized spacial score (nSPS) is 12.8. The maximum atomic E-state index is 10.6. The molecule has 0 aromatic heterocycles. The molecule has 1 unspecified atom stereocenters. The molecule has 5 nitrogen and oxygen atoms in total. The second-order valence-corrected chi connectivity index (χ2v) is 8.33. The van der Waals surface area contributed by atoms with Gasteiger partial charge >= 0.3 is 0 Å². The van der Waals surface area contributed by atoms with E-state index < -0.39 is 16.2 Å². The number of hydrogen-bond acceptors (Lipinski definition) is 4. The standard InChI is InChI=1S/C18H38O4S.H3N/c1-2-3-4-5-6-7-8-9-10-11-12-13-14-15-18(19)16-17-23(20,21)22;/h18-19H,2-17H2,1H3,(H,20,21,22);1H3. The van der Waals surface area contributed by atoms with Crippen LogP contribution in [0.15, 0.2) is 0 Å². The highest BCUT2D eigenvalue weighted by atomic mass is 32.2. The second-order valence-electron chi connectivity index (χ2n) is 6.76. The van der Waals surface area contributed by atoms with E-state index in [0.717, 1.165) is 12.8 Å². The molecule has 0 rings (SSSR count). The first-order valence-electron chi connectivity index (χ1n) is 9.59. The lowest BCUT2D eigenvalue weighted by Gasteiger charge is -2.09. The molecule has 0 saturated carbocycles. The zero-order chi connectivity index (χ0) is 17.4. The largest absolute Gasteiger partial charge is 0.393 e. The lowest BCUT2D eigenvalue weighted by molar-refractivity contribution is 0.156. The van der Waals surface area contributed by atoms with E-state index in [-0.39, 0.29) is 18.3 Å². The molecule has 0 aromatic carbocycles. The molecule has 0 bridgehead atoms. The third-order valence-corrected chi connectivity index (χ3v) is 5.10. The van der Waals surface area contributed by atoms with Gasteiger partial charge in [0.05, 0.1) is 11.9 Å². The minimum atomic E-state index is -3.94. The summed E-state index contributed by atoms with van der Waals surface area (Å²) in [7, 11) is -3.94. The molecule has 24 heavy (non-hydrogen) atoms. The van der Waals surface area contributed by atoms with Crippen LogP contribution in [0.4, 0.5) is 0 Å². The van der Waals surface area contributed by atoms with E-state index in [9.17, 15) is 13.5 Å². The van der Waals surface area contributed by atoms with Gasteiger partial charge < -0.3 is 11.3 Å². The summed E-state index contributed by atoms with van der Waals surface area (Å²) >= 11 is 0. The fraction of sp³-hybridized carbons (Fsp3) is 1.00. The molecule has 0 aliphatic carbocycles. The van der Waals surface area contributed by atoms with Gasteiger partial charge in [0, 0.05) is 0 Å². The molecule has 0 aliphatic rings. The molecule has 6 heteroatoms. The van der Waals surface area contributed by atoms with Crippen molar-refractivity contribution in [2.45, 2.75) is 109 Å². The molecule has 0 amide bonds. The molecule has 5 N–H and O–H groups in total. The third kappa shape index (κ3) is 21.8. The summed E-state index contributed by atoms with van der Waals surface area (Å²) in [5, 5.41) is 9.61. The Morgan fingerprint density at radius 2 is 1.08 bits per heavy atom. The number of hydrogen-bond donors (Lipinski definition) is 3. The van der Waals surface area contributed by atoms with Crippen LogP contribution in [0.3, 0.4) is 0 Å². The lowest BCUT2D eigenvalue weighted by Crippen LogP contribution is -2.14. The minimum absolute atomic E-state index is 0. The van der Waals surface area contributed by atoms with Gasteiger partial charge in [0.1, 0.15) is 0 Å². The van der Waals surface area contributed by atoms with Crippen LogP contribution >= 0.6 is 0 Å². The van der Waals surface area contributed by atoms with E-state index in [4.69, 9.17) is 4.55 Å². The lowest BCUT2D eigenvalue weighted by atomic mass is 10.0. The van der Waals surface area contributed by atoms with Gasteiger partial charge in [-0.15, -0.1) is 0 Å². The monoisotopic (exact) mass is 367 g/mol. The average molecular weight is 368 g/mol. The molecule has 0 aromatic rings. The van der Waals surface area contributed by atoms with E-state index in [1.807, 2.05) is 0 Å². The summed E-state index contributed by atoms with van der Waals surface area (Å²) in [4.78, 5) is 0. The summed E-state index contributed by atoms with van der Waals surface area (Å²) < 4.78 is 29.7. The Balaban J connectivity index is 0. The van der Waals surface area contributed by atoms with Crippen LogP contribution in [0.5, 0.6) is 0 Å². The summed E-state index contributed by atoms with van der Waals surface area (Å²) in [5.74, 6) is -0.341. The van der Waals surface area contributed by atoms with Gasteiger partial charge in [-0.05, 0) is 12.8 Å². The van der Waals surface area contributed by atoms with Crippen LogP contribution in [-0.4, -0.2) is 29.9 Å². The van der Waals surface area contributed by atoms with Gasteiger partial charge in [0.2, 0.25) is 0 Å². The fourth-order valence-corrected chi connectivity index (χ4v) is 3.40. The Morgan fingerprint density at radius 3 is 1.46 bits per heavy atom. The van der Waals surface area contributed by atoms with Crippen LogP contribution in [0, 0.1) is 0 Å². The second kappa shape index (κ2) is 17.6. The summed E-state index contributed by atoms with van der Waals surface area (Å²) in [6.07, 6.45) is 16.9. The average Bonchev–Trinajstić information content (AvgIpc) is 2.49. The molecule has 0 aliphatic heterocycles. The smallest absolute Gasteiger partial charge is 0.264 e. The zero-order valence-electron chi connectivity index (χ0n) is 15.7. The predicted molar refractivity (Wildman–Crippen MR) is 102 cm³/mol. The van der Waals surface area contributed by atoms with Crippen molar-refractivity contribution < 1.29 is 18.1 Å². The van der Waals surface area contributed by atoms with Crippen LogP contribution in [-0.2, 0) is 10.1 Å². The van der Waals surface area contributed by atoms with Gasteiger partial charge in [-0.25, -0.2) is 0 Å². The Labute approximate surface area is 150 Å². The molecule has 0 saturated heterocycles. The van der Waals surface area contributed by atoms with Crippen molar-refractivity contribution in [2.75, 3.05) is 5.75 Å². The molecule has 0 radical (unpaired) electrons. The van der Waals surface area contributed by atoms with Crippen LogP contribution in [0.2, 0.25) is 0 Å². The first-order valence-corrected chi connectivity index (χ1v) is 11.2. The van der Waals surface area contributed by atoms with E-state index in [0.29, 0.717) is 6.42 Å². The third-order valence-electron chi connectivity index (χ3n) is 4.35. The Hall–Kier alpha value is -0.170. The topological polar surface area (TPSA) is 110 Å². The van der Waals surface area contributed by atoms with Gasteiger partial charge in [0.15, 0.2) is 0 Å². The highest BCUT2D eigenvalue weighted by Crippen LogP contribution is 2.14. The van der Waals surface area contributed by atoms with E-state index in [1.165, 1.54) is 70.6 Å². The number of unbranched alkanes of at least 4 members (excludes halogenated alkanes) is 12. The Morgan fingerprint density at radius 1 is 0.708 bits per heavy atom. The Kier molecular flexibility index (Phi) is 19.2. The zero-order valence-corrected chi connectivity index (χ0v) is 16.5. The molecule has 0 fully saturated rings. The molecular formula is C18H41NO4S. The first-order chi connectivity index (χ1) is 11.0. The number of rotatable bonds is 17. The molecule has 148 valence electrons. The van der Waals surface area contributed by atoms with Crippen molar-refractivity contribution in [1.29, 1.82) is 0 Å². The quantitative estimate of drug-likeness (QED) is 0.240. The number of aliphatic hydroxyl groups is 1. The van der Waals surface area contributed by atoms with Crippen molar-refractivity contribution >= 4 is 10.1 Å². The highest BCUT2D eigenvalue weighted by molar-refractivity contribution is 7.85. The van der Waals surface area contributed by atoms with Gasteiger partial charge in [-0.3, -0.25) is 4.55 Å². The van der Waals surface area contributed by atoms with Crippen LogP contribution < -0.4 is 6.15 Å². The maximum absolute atomic E-state index is 10.6. The van der Waals surface area contributed by atoms with Crippen molar-refractivity contribution in [2.24, 2.45) is 0 Å². The Bertz CT molecular complexity index is 347. The highest BCUT2D eigenvalue weighted by Gasteiger charge is 2.10. The van der Waals surface area contributed by atoms with Crippen molar-refractivity contribution in [3.63, 3.8) is 0 Å². The number of aliphatic hydroxyl groups excluding tert-OH is 1. The van der Waals surface area contributed by atoms with Crippen molar-refractivity contribution in [3.8, 4) is 0 Å². The van der Waals surface area contributed by atoms with E-state index in [2.05, 4.69) is 6.92 Å². The van der Waals surface area contributed by atoms with Crippen molar-refractivity contribution in [1.82, 2.24) is 6.15 Å². The van der Waals surface area contributed by atoms with Crippen LogP contribution in [0.1, 0.15) is 103 Å². The molecule has 1 atom stereocenters.